The monoisotopic (exact) mass is 559 g/mol. The number of rotatable bonds is 3. The Kier molecular flexibility index (Phi) is 3.18. The molecule has 1 heterocycles. The molecule has 0 fully saturated rings. The molecule has 8 aromatic carbocycles. The Hall–Kier alpha value is -5.66. The van der Waals surface area contributed by atoms with E-state index in [0.717, 1.165) is 0 Å². The minimum absolute atomic E-state index is 0.00951. The van der Waals surface area contributed by atoms with Gasteiger partial charge < -0.3 is 4.42 Å². The Morgan fingerprint density at radius 1 is 0.419 bits per heavy atom. The summed E-state index contributed by atoms with van der Waals surface area (Å²) in [4.78, 5) is 0. The molecule has 0 aliphatic heterocycles. The Labute approximate surface area is 267 Å². The molecule has 0 radical (unpaired) electrons. The molecule has 0 bridgehead atoms. The summed E-state index contributed by atoms with van der Waals surface area (Å²) in [5.41, 5.74) is 1.65. The Morgan fingerprint density at radius 2 is 1.02 bits per heavy atom. The van der Waals surface area contributed by atoms with Crippen LogP contribution in [-0.2, 0) is 0 Å². The highest BCUT2D eigenvalue weighted by Gasteiger charge is 2.20. The van der Waals surface area contributed by atoms with Crippen molar-refractivity contribution >= 4 is 54.3 Å². The molecule has 0 saturated carbocycles. The fourth-order valence-corrected chi connectivity index (χ4v) is 6.00. The van der Waals surface area contributed by atoms with E-state index in [9.17, 15) is 5.48 Å². The van der Waals surface area contributed by atoms with Crippen molar-refractivity contribution in [2.75, 3.05) is 0 Å². The molecule has 9 aromatic rings. The van der Waals surface area contributed by atoms with Gasteiger partial charge in [0.1, 0.15) is 11.2 Å². The summed E-state index contributed by atoms with van der Waals surface area (Å²) >= 11 is 0. The third-order valence-corrected chi connectivity index (χ3v) is 7.82. The van der Waals surface area contributed by atoms with Crippen LogP contribution in [0.4, 0.5) is 0 Å². The lowest BCUT2D eigenvalue weighted by atomic mass is 9.84. The molecular formula is C42H26O. The number of para-hydroxylation sites is 1. The summed E-state index contributed by atoms with van der Waals surface area (Å²) < 4.78 is 121. The van der Waals surface area contributed by atoms with Gasteiger partial charge in [0.2, 0.25) is 0 Å². The third kappa shape index (κ3) is 3.72. The minimum atomic E-state index is -0.560. The van der Waals surface area contributed by atoms with Crippen LogP contribution >= 0.6 is 0 Å². The van der Waals surface area contributed by atoms with Gasteiger partial charge in [-0.15, -0.1) is 0 Å². The predicted octanol–water partition coefficient (Wildman–Crippen LogP) is 12.0. The predicted molar refractivity (Wildman–Crippen MR) is 183 cm³/mol. The zero-order chi connectivity index (χ0) is 39.6. The first-order valence-corrected chi connectivity index (χ1v) is 13.7. The van der Waals surface area contributed by atoms with Crippen molar-refractivity contribution in [2.24, 2.45) is 0 Å². The average molecular weight is 560 g/mol. The second-order valence-corrected chi connectivity index (χ2v) is 10.2. The lowest BCUT2D eigenvalue weighted by Crippen LogP contribution is -1.91. The van der Waals surface area contributed by atoms with Crippen molar-refractivity contribution in [3.8, 4) is 33.4 Å². The van der Waals surface area contributed by atoms with E-state index in [-0.39, 0.29) is 68.0 Å². The molecular weight excluding hydrogens is 520 g/mol. The van der Waals surface area contributed by atoms with Crippen molar-refractivity contribution in [3.63, 3.8) is 0 Å². The molecule has 0 N–H and O–H groups in total. The van der Waals surface area contributed by atoms with Crippen LogP contribution < -0.4 is 0 Å². The molecule has 0 unspecified atom stereocenters. The molecule has 200 valence electrons. The fraction of sp³-hybridized carbons (Fsp3) is 0. The zero-order valence-corrected chi connectivity index (χ0v) is 22.4. The summed E-state index contributed by atoms with van der Waals surface area (Å²) in [6.07, 6.45) is 0. The van der Waals surface area contributed by atoms with Crippen molar-refractivity contribution in [3.05, 3.63) is 157 Å². The number of hydrogen-bond donors (Lipinski definition) is 0. The molecule has 1 aromatic heterocycles. The Morgan fingerprint density at radius 3 is 1.74 bits per heavy atom. The highest BCUT2D eigenvalue weighted by Crippen LogP contribution is 2.47. The van der Waals surface area contributed by atoms with E-state index in [1.54, 1.807) is 72.8 Å². The first-order valence-electron chi connectivity index (χ1n) is 20.2. The molecule has 0 aliphatic rings. The van der Waals surface area contributed by atoms with Crippen LogP contribution in [-0.4, -0.2) is 0 Å². The highest BCUT2D eigenvalue weighted by atomic mass is 16.3. The van der Waals surface area contributed by atoms with Gasteiger partial charge in [-0.2, -0.15) is 0 Å². The van der Waals surface area contributed by atoms with Gasteiger partial charge in [-0.1, -0.05) is 133 Å². The lowest BCUT2D eigenvalue weighted by Gasteiger charge is -2.18. The topological polar surface area (TPSA) is 13.1 Å². The average Bonchev–Trinajstić information content (AvgIpc) is 3.60. The molecule has 0 saturated heterocycles. The van der Waals surface area contributed by atoms with Crippen LogP contribution in [0.3, 0.4) is 0 Å². The van der Waals surface area contributed by atoms with Gasteiger partial charge in [0, 0.05) is 10.8 Å². The van der Waals surface area contributed by atoms with Gasteiger partial charge in [-0.05, 0) is 89.9 Å². The van der Waals surface area contributed by atoms with Gasteiger partial charge in [-0.3, -0.25) is 0 Å². The molecule has 0 spiro atoms. The largest absolute Gasteiger partial charge is 0.456 e. The molecule has 1 heteroatoms. The summed E-state index contributed by atoms with van der Waals surface area (Å²) in [5.74, 6) is 0. The van der Waals surface area contributed by atoms with Gasteiger partial charge in [0.05, 0.1) is 17.8 Å². The summed E-state index contributed by atoms with van der Waals surface area (Å²) in [7, 11) is 0. The number of fused-ring (bicyclic) bond motifs is 6. The van der Waals surface area contributed by atoms with Gasteiger partial charge >= 0.3 is 0 Å². The van der Waals surface area contributed by atoms with Crippen LogP contribution in [0.5, 0.6) is 0 Å². The molecule has 43 heavy (non-hydrogen) atoms. The molecule has 0 amide bonds. The second-order valence-electron chi connectivity index (χ2n) is 10.2. The number of hydrogen-bond acceptors (Lipinski definition) is 1. The van der Waals surface area contributed by atoms with E-state index < -0.39 is 54.4 Å². The van der Waals surface area contributed by atoms with E-state index in [0.29, 0.717) is 43.8 Å². The first kappa shape index (κ1) is 14.5. The van der Waals surface area contributed by atoms with E-state index in [2.05, 4.69) is 0 Å². The van der Waals surface area contributed by atoms with E-state index in [1.165, 1.54) is 0 Å². The zero-order valence-electron chi connectivity index (χ0n) is 35.4. The molecule has 0 atom stereocenters. The van der Waals surface area contributed by atoms with Crippen molar-refractivity contribution in [2.45, 2.75) is 0 Å². The van der Waals surface area contributed by atoms with Crippen LogP contribution in [0.2, 0.25) is 0 Å². The molecule has 1 nitrogen and oxygen atoms in total. The van der Waals surface area contributed by atoms with Crippen molar-refractivity contribution < 1.29 is 22.2 Å². The van der Waals surface area contributed by atoms with Crippen LogP contribution in [0.1, 0.15) is 17.8 Å². The molecule has 9 rings (SSSR count). The van der Waals surface area contributed by atoms with Crippen molar-refractivity contribution in [1.29, 1.82) is 0 Å². The maximum atomic E-state index is 9.90. The Balaban J connectivity index is 1.49. The van der Waals surface area contributed by atoms with Crippen LogP contribution in [0.25, 0.3) is 87.6 Å². The van der Waals surface area contributed by atoms with Gasteiger partial charge in [0.25, 0.3) is 0 Å². The van der Waals surface area contributed by atoms with E-state index in [1.807, 2.05) is 6.07 Å². The maximum absolute atomic E-state index is 9.90. The Bertz CT molecular complexity index is 3170. The number of furan rings is 1. The lowest BCUT2D eigenvalue weighted by molar-refractivity contribution is 0.669. The van der Waals surface area contributed by atoms with Crippen molar-refractivity contribution in [1.82, 2.24) is 0 Å². The van der Waals surface area contributed by atoms with Gasteiger partial charge in [0.15, 0.2) is 0 Å². The summed E-state index contributed by atoms with van der Waals surface area (Å²) in [6.45, 7) is 0. The summed E-state index contributed by atoms with van der Waals surface area (Å²) in [5, 5.41) is 1.90. The van der Waals surface area contributed by atoms with Crippen LogP contribution in [0.15, 0.2) is 162 Å². The fourth-order valence-electron chi connectivity index (χ4n) is 6.00. The van der Waals surface area contributed by atoms with Crippen LogP contribution in [0, 0.1) is 0 Å². The third-order valence-electron chi connectivity index (χ3n) is 7.82. The normalized spacial score (nSPS) is 16.0. The highest BCUT2D eigenvalue weighted by molar-refractivity contribution is 6.23. The quantitative estimate of drug-likeness (QED) is 0.196. The van der Waals surface area contributed by atoms with Gasteiger partial charge in [-0.25, -0.2) is 0 Å². The SMILES string of the molecule is [2H]c1c([2H])c([2H])c2c(oc3c([2H])c(-c4c5ccccc5c(-c5c([2H])c([2H])c6c([2H])c([2H])c([2H])c([2H])c6c5[2H])c5ccccc45)c([2H])c(-c4ccccc4)c32)c1[2H]. The minimum Gasteiger partial charge on any atom is -0.456 e. The maximum Gasteiger partial charge on any atom is 0.136 e. The number of benzene rings is 8. The smallest absolute Gasteiger partial charge is 0.136 e. The van der Waals surface area contributed by atoms with E-state index >= 15 is 0 Å². The van der Waals surface area contributed by atoms with E-state index in [4.69, 9.17) is 16.8 Å². The molecule has 0 aliphatic carbocycles. The first-order chi connectivity index (χ1) is 26.8. The standard InChI is InChI=1S/C42H26O/c1-2-13-28(14-3-1)37-25-31(26-39-42(37)36-20-10-11-21-38(36)43-39)41-34-18-8-6-16-32(34)40(33-17-7-9-19-35(33)41)30-23-22-27-12-4-5-15-29(27)24-30/h1-26H/i4D,5D,10D,11D,12D,15D,20D,21D,22D,23D,24D,25D,26D. The second kappa shape index (κ2) is 9.44. The summed E-state index contributed by atoms with van der Waals surface area (Å²) in [6, 6.07) is 17.8.